The Morgan fingerprint density at radius 1 is 1.12 bits per heavy atom. The average molecular weight is 365 g/mol. The summed E-state index contributed by atoms with van der Waals surface area (Å²) in [6.45, 7) is 2.51. The Balaban J connectivity index is 1.61. The number of rotatable bonds is 6. The first-order valence-corrected chi connectivity index (χ1v) is 10.5. The van der Waals surface area contributed by atoms with Crippen molar-refractivity contribution in [3.05, 3.63) is 29.3 Å². The SMILES string of the molecule is CNCCCC(=O)N1CCN(S(=O)(=O)c2ccc3c(c2)CCC3)CC1. The van der Waals surface area contributed by atoms with Crippen LogP contribution in [0, 0.1) is 0 Å². The molecule has 1 aromatic carbocycles. The highest BCUT2D eigenvalue weighted by Crippen LogP contribution is 2.26. The second-order valence-corrected chi connectivity index (χ2v) is 8.71. The largest absolute Gasteiger partial charge is 0.340 e. The number of carbonyl (C=O) groups is 1. The third-order valence-electron chi connectivity index (χ3n) is 5.12. The monoisotopic (exact) mass is 365 g/mol. The van der Waals surface area contributed by atoms with E-state index in [1.807, 2.05) is 19.2 Å². The summed E-state index contributed by atoms with van der Waals surface area (Å²) in [5, 5.41) is 3.03. The zero-order valence-corrected chi connectivity index (χ0v) is 15.6. The normalized spacial score (nSPS) is 18.4. The maximum absolute atomic E-state index is 12.9. The molecule has 0 saturated carbocycles. The fourth-order valence-corrected chi connectivity index (χ4v) is 5.08. The molecule has 6 nitrogen and oxygen atoms in total. The van der Waals surface area contributed by atoms with Gasteiger partial charge in [0.1, 0.15) is 0 Å². The molecule has 0 unspecified atom stereocenters. The molecule has 25 heavy (non-hydrogen) atoms. The molecule has 1 aromatic rings. The summed E-state index contributed by atoms with van der Waals surface area (Å²) < 4.78 is 27.3. The van der Waals surface area contributed by atoms with Crippen molar-refractivity contribution in [1.82, 2.24) is 14.5 Å². The molecule has 1 saturated heterocycles. The van der Waals surface area contributed by atoms with E-state index in [-0.39, 0.29) is 5.91 Å². The minimum atomic E-state index is -3.47. The first kappa shape index (κ1) is 18.4. The van der Waals surface area contributed by atoms with Crippen molar-refractivity contribution in [2.75, 3.05) is 39.8 Å². The Hall–Kier alpha value is -1.44. The molecule has 0 radical (unpaired) electrons. The minimum Gasteiger partial charge on any atom is -0.340 e. The van der Waals surface area contributed by atoms with Gasteiger partial charge in [0.25, 0.3) is 0 Å². The highest BCUT2D eigenvalue weighted by atomic mass is 32.2. The molecule has 0 aromatic heterocycles. The van der Waals surface area contributed by atoms with Crippen LogP contribution >= 0.6 is 0 Å². The van der Waals surface area contributed by atoms with Crippen LogP contribution in [0.5, 0.6) is 0 Å². The molecule has 1 heterocycles. The van der Waals surface area contributed by atoms with E-state index < -0.39 is 10.0 Å². The topological polar surface area (TPSA) is 69.7 Å². The van der Waals surface area contributed by atoms with E-state index in [2.05, 4.69) is 5.32 Å². The van der Waals surface area contributed by atoms with Crippen LogP contribution in [0.15, 0.2) is 23.1 Å². The fourth-order valence-electron chi connectivity index (χ4n) is 3.61. The lowest BCUT2D eigenvalue weighted by molar-refractivity contribution is -0.132. The summed E-state index contributed by atoms with van der Waals surface area (Å²) in [7, 11) is -1.60. The van der Waals surface area contributed by atoms with Gasteiger partial charge in [-0.1, -0.05) is 6.07 Å². The Bertz CT molecular complexity index is 725. The maximum Gasteiger partial charge on any atom is 0.243 e. The molecule has 1 amide bonds. The number of sulfonamides is 1. The van der Waals surface area contributed by atoms with Crippen molar-refractivity contribution in [1.29, 1.82) is 0 Å². The van der Waals surface area contributed by atoms with Crippen molar-refractivity contribution in [3.8, 4) is 0 Å². The lowest BCUT2D eigenvalue weighted by Crippen LogP contribution is -2.50. The summed E-state index contributed by atoms with van der Waals surface area (Å²) >= 11 is 0. The molecule has 1 N–H and O–H groups in total. The molecule has 2 aliphatic rings. The third kappa shape index (κ3) is 4.04. The van der Waals surface area contributed by atoms with Gasteiger partial charge in [-0.25, -0.2) is 8.42 Å². The van der Waals surface area contributed by atoms with E-state index >= 15 is 0 Å². The van der Waals surface area contributed by atoms with Crippen LogP contribution in [-0.4, -0.2) is 63.3 Å². The summed E-state index contributed by atoms with van der Waals surface area (Å²) in [6, 6.07) is 5.53. The minimum absolute atomic E-state index is 0.116. The maximum atomic E-state index is 12.9. The van der Waals surface area contributed by atoms with Gasteiger partial charge in [0.05, 0.1) is 4.90 Å². The number of aryl methyl sites for hydroxylation is 2. The van der Waals surface area contributed by atoms with Gasteiger partial charge in [0.2, 0.25) is 15.9 Å². The molecule has 0 bridgehead atoms. The molecule has 3 rings (SSSR count). The molecule has 1 aliphatic heterocycles. The molecular formula is C18H27N3O3S. The van der Waals surface area contributed by atoms with Gasteiger partial charge < -0.3 is 10.2 Å². The first-order valence-electron chi connectivity index (χ1n) is 9.06. The summed E-state index contributed by atoms with van der Waals surface area (Å²) in [4.78, 5) is 14.3. The second-order valence-electron chi connectivity index (χ2n) is 6.78. The van der Waals surface area contributed by atoms with Crippen LogP contribution in [0.1, 0.15) is 30.4 Å². The number of benzene rings is 1. The molecule has 0 spiro atoms. The first-order chi connectivity index (χ1) is 12.0. The summed E-state index contributed by atoms with van der Waals surface area (Å²) in [6.07, 6.45) is 4.44. The van der Waals surface area contributed by atoms with Crippen molar-refractivity contribution >= 4 is 15.9 Å². The van der Waals surface area contributed by atoms with Gasteiger partial charge >= 0.3 is 0 Å². The lowest BCUT2D eigenvalue weighted by Gasteiger charge is -2.34. The second kappa shape index (κ2) is 7.85. The molecule has 7 heteroatoms. The number of fused-ring (bicyclic) bond motifs is 1. The van der Waals surface area contributed by atoms with Crippen LogP contribution < -0.4 is 5.32 Å². The number of piperazine rings is 1. The molecular weight excluding hydrogens is 338 g/mol. The number of nitrogens with zero attached hydrogens (tertiary/aromatic N) is 2. The van der Waals surface area contributed by atoms with Crippen molar-refractivity contribution in [2.24, 2.45) is 0 Å². The van der Waals surface area contributed by atoms with Crippen molar-refractivity contribution in [2.45, 2.75) is 37.0 Å². The van der Waals surface area contributed by atoms with E-state index in [4.69, 9.17) is 0 Å². The van der Waals surface area contributed by atoms with E-state index in [0.29, 0.717) is 37.5 Å². The number of hydrogen-bond donors (Lipinski definition) is 1. The van der Waals surface area contributed by atoms with Crippen molar-refractivity contribution < 1.29 is 13.2 Å². The predicted octanol–water partition coefficient (Wildman–Crippen LogP) is 1.01. The van der Waals surface area contributed by atoms with Gasteiger partial charge in [0.15, 0.2) is 0 Å². The number of hydrogen-bond acceptors (Lipinski definition) is 4. The predicted molar refractivity (Wildman–Crippen MR) is 97.0 cm³/mol. The van der Waals surface area contributed by atoms with Crippen molar-refractivity contribution in [3.63, 3.8) is 0 Å². The molecule has 1 aliphatic carbocycles. The van der Waals surface area contributed by atoms with Gasteiger partial charge in [-0.3, -0.25) is 4.79 Å². The Morgan fingerprint density at radius 2 is 1.84 bits per heavy atom. The Morgan fingerprint density at radius 3 is 2.56 bits per heavy atom. The number of amides is 1. The molecule has 1 fully saturated rings. The van der Waals surface area contributed by atoms with E-state index in [9.17, 15) is 13.2 Å². The smallest absolute Gasteiger partial charge is 0.243 e. The van der Waals surface area contributed by atoms with Crippen LogP contribution in [-0.2, 0) is 27.7 Å². The van der Waals surface area contributed by atoms with Crippen LogP contribution in [0.25, 0.3) is 0 Å². The zero-order valence-electron chi connectivity index (χ0n) is 14.8. The zero-order chi connectivity index (χ0) is 17.9. The third-order valence-corrected chi connectivity index (χ3v) is 7.01. The van der Waals surface area contributed by atoms with E-state index in [1.165, 1.54) is 15.4 Å². The van der Waals surface area contributed by atoms with Gasteiger partial charge in [0, 0.05) is 32.6 Å². The van der Waals surface area contributed by atoms with E-state index in [0.717, 1.165) is 32.2 Å². The summed E-state index contributed by atoms with van der Waals surface area (Å²) in [5.41, 5.74) is 2.44. The van der Waals surface area contributed by atoms with Crippen LogP contribution in [0.3, 0.4) is 0 Å². The highest BCUT2D eigenvalue weighted by Gasteiger charge is 2.30. The Labute approximate surface area is 150 Å². The fraction of sp³-hybridized carbons (Fsp3) is 0.611. The van der Waals surface area contributed by atoms with E-state index in [1.54, 1.807) is 11.0 Å². The quantitative estimate of drug-likeness (QED) is 0.764. The van der Waals surface area contributed by atoms with Gasteiger partial charge in [-0.15, -0.1) is 0 Å². The number of carbonyl (C=O) groups excluding carboxylic acids is 1. The summed E-state index contributed by atoms with van der Waals surface area (Å²) in [5.74, 6) is 0.116. The van der Waals surface area contributed by atoms with Crippen LogP contribution in [0.4, 0.5) is 0 Å². The standard InChI is InChI=1S/C18H27N3O3S/c1-19-9-3-6-18(22)20-10-12-21(13-11-20)25(23,24)17-8-7-15-4-2-5-16(15)14-17/h7-8,14,19H,2-6,9-13H2,1H3. The van der Waals surface area contributed by atoms with Crippen LogP contribution in [0.2, 0.25) is 0 Å². The number of nitrogens with one attached hydrogen (secondary N) is 1. The molecule has 138 valence electrons. The highest BCUT2D eigenvalue weighted by molar-refractivity contribution is 7.89. The average Bonchev–Trinajstić information content (AvgIpc) is 3.09. The molecule has 0 atom stereocenters. The van der Waals surface area contributed by atoms with Gasteiger partial charge in [-0.2, -0.15) is 4.31 Å². The lowest BCUT2D eigenvalue weighted by atomic mass is 10.1. The Kier molecular flexibility index (Phi) is 5.76. The van der Waals surface area contributed by atoms with Gasteiger partial charge in [-0.05, 0) is 62.5 Å².